The highest BCUT2D eigenvalue weighted by atomic mass is 16.7. The summed E-state index contributed by atoms with van der Waals surface area (Å²) in [5.74, 6) is 0. The van der Waals surface area contributed by atoms with Crippen molar-refractivity contribution in [1.29, 1.82) is 0 Å². The lowest BCUT2D eigenvalue weighted by Crippen LogP contribution is -2.40. The zero-order chi connectivity index (χ0) is 12.0. The number of aromatic nitrogens is 2. The minimum atomic E-state index is -0.200. The summed E-state index contributed by atoms with van der Waals surface area (Å²) in [5, 5.41) is 7.48. The molecular weight excluding hydrogens is 206 g/mol. The molecule has 5 heteroatoms. The molecule has 0 saturated carbocycles. The van der Waals surface area contributed by atoms with Crippen molar-refractivity contribution in [3.8, 4) is 0 Å². The lowest BCUT2D eigenvalue weighted by molar-refractivity contribution is -0.119. The summed E-state index contributed by atoms with van der Waals surface area (Å²) in [6, 6.07) is 0.173. The Kier molecular flexibility index (Phi) is 5.45. The molecule has 1 unspecified atom stereocenters. The molecule has 0 bridgehead atoms. The summed E-state index contributed by atoms with van der Waals surface area (Å²) in [6.07, 6.45) is 4.67. The molecular formula is C11H21N3O2. The first-order valence-corrected chi connectivity index (χ1v) is 5.44. The maximum Gasteiger partial charge on any atom is 0.171 e. The number of nitrogens with zero attached hydrogens (tertiary/aromatic N) is 2. The van der Waals surface area contributed by atoms with Gasteiger partial charge in [-0.3, -0.25) is 4.68 Å². The van der Waals surface area contributed by atoms with E-state index in [1.54, 1.807) is 14.2 Å². The number of methoxy groups -OCH3 is 2. The van der Waals surface area contributed by atoms with Crippen molar-refractivity contribution in [2.75, 3.05) is 20.8 Å². The molecule has 16 heavy (non-hydrogen) atoms. The minimum absolute atomic E-state index is 0.173. The predicted octanol–water partition coefficient (Wildman–Crippen LogP) is 0.560. The molecule has 0 aromatic carbocycles. The van der Waals surface area contributed by atoms with Gasteiger partial charge in [-0.05, 0) is 25.5 Å². The zero-order valence-electron chi connectivity index (χ0n) is 10.4. The second-order valence-corrected chi connectivity index (χ2v) is 3.85. The van der Waals surface area contributed by atoms with Crippen LogP contribution in [-0.2, 0) is 22.9 Å². The van der Waals surface area contributed by atoms with Crippen molar-refractivity contribution in [3.05, 3.63) is 18.0 Å². The van der Waals surface area contributed by atoms with Crippen LogP contribution in [0.25, 0.3) is 0 Å². The molecule has 1 heterocycles. The quantitative estimate of drug-likeness (QED) is 0.691. The van der Waals surface area contributed by atoms with E-state index < -0.39 is 0 Å². The molecule has 0 spiro atoms. The van der Waals surface area contributed by atoms with Crippen molar-refractivity contribution in [2.45, 2.75) is 25.7 Å². The van der Waals surface area contributed by atoms with Crippen LogP contribution in [0, 0.1) is 0 Å². The van der Waals surface area contributed by atoms with Crippen LogP contribution in [0.2, 0.25) is 0 Å². The highest BCUT2D eigenvalue weighted by Gasteiger charge is 2.14. The Morgan fingerprint density at radius 1 is 1.44 bits per heavy atom. The van der Waals surface area contributed by atoms with Gasteiger partial charge in [0.25, 0.3) is 0 Å². The molecule has 92 valence electrons. The first-order chi connectivity index (χ1) is 7.67. The third kappa shape index (κ3) is 3.92. The third-order valence-electron chi connectivity index (χ3n) is 2.51. The van der Waals surface area contributed by atoms with Gasteiger partial charge >= 0.3 is 0 Å². The maximum atomic E-state index is 5.17. The molecule has 1 atom stereocenters. The Hall–Kier alpha value is -0.910. The highest BCUT2D eigenvalue weighted by Crippen LogP contribution is 2.00. The third-order valence-corrected chi connectivity index (χ3v) is 2.51. The summed E-state index contributed by atoms with van der Waals surface area (Å²) < 4.78 is 12.1. The van der Waals surface area contributed by atoms with Crippen LogP contribution in [-0.4, -0.2) is 42.9 Å². The minimum Gasteiger partial charge on any atom is -0.354 e. The van der Waals surface area contributed by atoms with Crippen LogP contribution in [0.4, 0.5) is 0 Å². The summed E-state index contributed by atoms with van der Waals surface area (Å²) >= 11 is 0. The SMILES string of the molecule is COC(OC)C(C)NCCc1cnn(C)c1. The monoisotopic (exact) mass is 227 g/mol. The van der Waals surface area contributed by atoms with Gasteiger partial charge in [-0.2, -0.15) is 5.10 Å². The second kappa shape index (κ2) is 6.62. The molecule has 0 fully saturated rings. The van der Waals surface area contributed by atoms with Crippen molar-refractivity contribution in [3.63, 3.8) is 0 Å². The van der Waals surface area contributed by atoms with Crippen LogP contribution in [0.1, 0.15) is 12.5 Å². The number of rotatable bonds is 7. The number of ether oxygens (including phenoxy) is 2. The fourth-order valence-electron chi connectivity index (χ4n) is 1.65. The van der Waals surface area contributed by atoms with Gasteiger partial charge in [0.2, 0.25) is 0 Å². The first-order valence-electron chi connectivity index (χ1n) is 5.44. The van der Waals surface area contributed by atoms with E-state index in [1.807, 2.05) is 31.0 Å². The Bertz CT molecular complexity index is 297. The van der Waals surface area contributed by atoms with Crippen molar-refractivity contribution >= 4 is 0 Å². The molecule has 0 amide bonds. The fourth-order valence-corrected chi connectivity index (χ4v) is 1.65. The molecule has 5 nitrogen and oxygen atoms in total. The number of nitrogens with one attached hydrogen (secondary N) is 1. The molecule has 1 N–H and O–H groups in total. The van der Waals surface area contributed by atoms with E-state index in [0.717, 1.165) is 13.0 Å². The first kappa shape index (κ1) is 13.2. The van der Waals surface area contributed by atoms with Gasteiger partial charge in [0.1, 0.15) is 0 Å². The van der Waals surface area contributed by atoms with E-state index >= 15 is 0 Å². The van der Waals surface area contributed by atoms with Gasteiger partial charge in [-0.25, -0.2) is 0 Å². The second-order valence-electron chi connectivity index (χ2n) is 3.85. The summed E-state index contributed by atoms with van der Waals surface area (Å²) in [4.78, 5) is 0. The summed E-state index contributed by atoms with van der Waals surface area (Å²) in [5.41, 5.74) is 1.23. The molecule has 0 aliphatic rings. The topological polar surface area (TPSA) is 48.3 Å². The predicted molar refractivity (Wildman–Crippen MR) is 62.2 cm³/mol. The molecule has 0 aliphatic heterocycles. The number of hydrogen-bond donors (Lipinski definition) is 1. The van der Waals surface area contributed by atoms with Gasteiger partial charge in [-0.1, -0.05) is 0 Å². The van der Waals surface area contributed by atoms with E-state index in [0.29, 0.717) is 0 Å². The largest absolute Gasteiger partial charge is 0.354 e. The Morgan fingerprint density at radius 2 is 2.12 bits per heavy atom. The molecule has 1 rings (SSSR count). The average Bonchev–Trinajstić information content (AvgIpc) is 2.66. The highest BCUT2D eigenvalue weighted by molar-refractivity contribution is 5.03. The molecule has 0 saturated heterocycles. The van der Waals surface area contributed by atoms with Crippen LogP contribution in [0.3, 0.4) is 0 Å². The summed E-state index contributed by atoms with van der Waals surface area (Å²) in [7, 11) is 5.21. The molecule has 0 aliphatic carbocycles. The Morgan fingerprint density at radius 3 is 2.62 bits per heavy atom. The summed E-state index contributed by atoms with van der Waals surface area (Å²) in [6.45, 7) is 2.93. The molecule has 1 aromatic heterocycles. The number of hydrogen-bond acceptors (Lipinski definition) is 4. The van der Waals surface area contributed by atoms with Crippen LogP contribution < -0.4 is 5.32 Å². The van der Waals surface area contributed by atoms with Gasteiger partial charge in [0, 0.05) is 27.5 Å². The molecule has 0 radical (unpaired) electrons. The van der Waals surface area contributed by atoms with E-state index in [9.17, 15) is 0 Å². The van der Waals surface area contributed by atoms with Crippen molar-refractivity contribution in [2.24, 2.45) is 7.05 Å². The lowest BCUT2D eigenvalue weighted by atomic mass is 10.2. The lowest BCUT2D eigenvalue weighted by Gasteiger charge is -2.21. The van der Waals surface area contributed by atoms with E-state index in [-0.39, 0.29) is 12.3 Å². The maximum absolute atomic E-state index is 5.17. The number of aryl methyl sites for hydroxylation is 1. The van der Waals surface area contributed by atoms with E-state index in [4.69, 9.17) is 9.47 Å². The van der Waals surface area contributed by atoms with E-state index in [2.05, 4.69) is 10.4 Å². The van der Waals surface area contributed by atoms with Crippen LogP contribution in [0.5, 0.6) is 0 Å². The fraction of sp³-hybridized carbons (Fsp3) is 0.727. The smallest absolute Gasteiger partial charge is 0.171 e. The van der Waals surface area contributed by atoms with Gasteiger partial charge in [-0.15, -0.1) is 0 Å². The van der Waals surface area contributed by atoms with E-state index in [1.165, 1.54) is 5.56 Å². The van der Waals surface area contributed by atoms with Crippen molar-refractivity contribution < 1.29 is 9.47 Å². The van der Waals surface area contributed by atoms with Gasteiger partial charge in [0.05, 0.1) is 12.2 Å². The molecule has 1 aromatic rings. The zero-order valence-corrected chi connectivity index (χ0v) is 10.4. The van der Waals surface area contributed by atoms with Crippen LogP contribution >= 0.6 is 0 Å². The normalized spacial score (nSPS) is 13.3. The standard InChI is InChI=1S/C11H21N3O2/c1-9(11(15-3)16-4)12-6-5-10-7-13-14(2)8-10/h7-9,11-12H,5-6H2,1-4H3. The van der Waals surface area contributed by atoms with Crippen molar-refractivity contribution in [1.82, 2.24) is 15.1 Å². The average molecular weight is 227 g/mol. The van der Waals surface area contributed by atoms with Crippen LogP contribution in [0.15, 0.2) is 12.4 Å². The Labute approximate surface area is 96.7 Å². The van der Waals surface area contributed by atoms with Gasteiger partial charge < -0.3 is 14.8 Å². The van der Waals surface area contributed by atoms with Gasteiger partial charge in [0.15, 0.2) is 6.29 Å². The Balaban J connectivity index is 2.24.